The molecule has 3 aliphatic rings. The molecule has 0 spiro atoms. The average Bonchev–Trinajstić information content (AvgIpc) is 2.85. The largest absolute Gasteiger partial charge is 0.478 e. The number of carbonyl (C=O) groups is 2. The second kappa shape index (κ2) is 12.3. The summed E-state index contributed by atoms with van der Waals surface area (Å²) in [7, 11) is 0. The van der Waals surface area contributed by atoms with E-state index in [4.69, 9.17) is 14.2 Å². The maximum atomic E-state index is 13.5. The van der Waals surface area contributed by atoms with Gasteiger partial charge in [0.05, 0.1) is 18.6 Å². The number of hydrogen-bond acceptors (Lipinski definition) is 7. The van der Waals surface area contributed by atoms with Crippen molar-refractivity contribution in [3.05, 3.63) is 53.6 Å². The lowest BCUT2D eigenvalue weighted by molar-refractivity contribution is -0.165. The highest BCUT2D eigenvalue weighted by molar-refractivity contribution is 5.75. The molecule has 0 aromatic heterocycles. The number of carbonyl (C=O) groups excluding carboxylic acids is 2. The molecule has 1 aromatic rings. The van der Waals surface area contributed by atoms with E-state index in [1.807, 2.05) is 43.3 Å². The quantitative estimate of drug-likeness (QED) is 0.446. The Labute approximate surface area is 232 Å². The number of benzene rings is 1. The van der Waals surface area contributed by atoms with Gasteiger partial charge in [-0.3, -0.25) is 4.79 Å². The summed E-state index contributed by atoms with van der Waals surface area (Å²) < 4.78 is 17.9. The van der Waals surface area contributed by atoms with Gasteiger partial charge in [0.15, 0.2) is 6.10 Å². The summed E-state index contributed by atoms with van der Waals surface area (Å²) in [5.74, 6) is 0.152. The van der Waals surface area contributed by atoms with Gasteiger partial charge >= 0.3 is 11.9 Å². The van der Waals surface area contributed by atoms with E-state index in [9.17, 15) is 19.8 Å². The third-order valence-electron chi connectivity index (χ3n) is 8.30. The molecular weight excluding hydrogens is 496 g/mol. The molecule has 7 heteroatoms. The number of aliphatic hydroxyl groups excluding tert-OH is 2. The summed E-state index contributed by atoms with van der Waals surface area (Å²) in [5.41, 5.74) is 1.85. The van der Waals surface area contributed by atoms with Crippen molar-refractivity contribution in [2.75, 3.05) is 0 Å². The Bertz CT molecular complexity index is 1080. The summed E-state index contributed by atoms with van der Waals surface area (Å²) in [6, 6.07) is 7.78. The lowest BCUT2D eigenvalue weighted by atomic mass is 9.66. The Morgan fingerprint density at radius 1 is 1.15 bits per heavy atom. The van der Waals surface area contributed by atoms with Crippen LogP contribution in [-0.2, 0) is 24.5 Å². The number of cyclic esters (lactones) is 1. The van der Waals surface area contributed by atoms with E-state index in [2.05, 4.69) is 33.8 Å². The van der Waals surface area contributed by atoms with Gasteiger partial charge in [0.1, 0.15) is 18.0 Å². The number of allylic oxidation sites excluding steroid dienone is 2. The van der Waals surface area contributed by atoms with Crippen molar-refractivity contribution in [1.29, 1.82) is 0 Å². The number of ether oxygens (including phenoxy) is 3. The highest BCUT2D eigenvalue weighted by Crippen LogP contribution is 2.44. The zero-order chi connectivity index (χ0) is 28.3. The van der Waals surface area contributed by atoms with Crippen LogP contribution in [0, 0.1) is 17.8 Å². The van der Waals surface area contributed by atoms with Crippen LogP contribution in [0.3, 0.4) is 0 Å². The predicted molar refractivity (Wildman–Crippen MR) is 148 cm³/mol. The number of rotatable bonds is 8. The van der Waals surface area contributed by atoms with Crippen molar-refractivity contribution in [3.8, 4) is 5.75 Å². The highest BCUT2D eigenvalue weighted by atomic mass is 16.6. The molecular formula is C32H44O7. The van der Waals surface area contributed by atoms with Gasteiger partial charge in [-0.25, -0.2) is 4.79 Å². The second-order valence-electron chi connectivity index (χ2n) is 12.4. The Hall–Kier alpha value is -2.64. The second-order valence-corrected chi connectivity index (χ2v) is 12.4. The van der Waals surface area contributed by atoms with E-state index in [0.29, 0.717) is 31.4 Å². The Morgan fingerprint density at radius 2 is 1.90 bits per heavy atom. The Morgan fingerprint density at radius 3 is 2.59 bits per heavy atom. The van der Waals surface area contributed by atoms with E-state index in [1.54, 1.807) is 0 Å². The first-order chi connectivity index (χ1) is 18.5. The smallest absolute Gasteiger partial charge is 0.347 e. The predicted octanol–water partition coefficient (Wildman–Crippen LogP) is 5.03. The fourth-order valence-corrected chi connectivity index (χ4v) is 6.27. The number of esters is 2. The zero-order valence-corrected chi connectivity index (χ0v) is 23.8. The van der Waals surface area contributed by atoms with Crippen LogP contribution in [0.1, 0.15) is 78.7 Å². The first kappa shape index (κ1) is 29.3. The van der Waals surface area contributed by atoms with Gasteiger partial charge in [-0.15, -0.1) is 0 Å². The van der Waals surface area contributed by atoms with Gasteiger partial charge in [-0.2, -0.15) is 0 Å². The molecule has 1 heterocycles. The van der Waals surface area contributed by atoms with Crippen LogP contribution in [0.5, 0.6) is 5.75 Å². The van der Waals surface area contributed by atoms with Gasteiger partial charge in [-0.1, -0.05) is 71.0 Å². The zero-order valence-electron chi connectivity index (χ0n) is 23.8. The SMILES string of the molecule is CC[C@H](Oc1ccccc1C(C)(C)C)C(=O)OC1CC(O)C=C2C=CC(C)C(CC[C@@H]3C[C@@H](O)CC(=O)O3)C21. The van der Waals surface area contributed by atoms with E-state index in [1.165, 1.54) is 0 Å². The van der Waals surface area contributed by atoms with Crippen LogP contribution < -0.4 is 4.74 Å². The van der Waals surface area contributed by atoms with Gasteiger partial charge in [0.2, 0.25) is 0 Å². The summed E-state index contributed by atoms with van der Waals surface area (Å²) in [6.45, 7) is 10.4. The van der Waals surface area contributed by atoms with Crippen molar-refractivity contribution >= 4 is 11.9 Å². The molecule has 0 amide bonds. The third kappa shape index (κ3) is 7.12. The Kier molecular flexibility index (Phi) is 9.22. The molecule has 2 aliphatic carbocycles. The molecule has 1 aliphatic heterocycles. The van der Waals surface area contributed by atoms with Crippen LogP contribution in [0.2, 0.25) is 0 Å². The number of aliphatic hydroxyl groups is 2. The molecule has 1 saturated heterocycles. The van der Waals surface area contributed by atoms with Gasteiger partial charge < -0.3 is 24.4 Å². The molecule has 214 valence electrons. The van der Waals surface area contributed by atoms with Crippen molar-refractivity contribution in [3.63, 3.8) is 0 Å². The Balaban J connectivity index is 1.50. The van der Waals surface area contributed by atoms with Crippen molar-refractivity contribution in [1.82, 2.24) is 0 Å². The molecule has 5 unspecified atom stereocenters. The average molecular weight is 541 g/mol. The monoisotopic (exact) mass is 540 g/mol. The summed E-state index contributed by atoms with van der Waals surface area (Å²) >= 11 is 0. The van der Waals surface area contributed by atoms with Crippen LogP contribution in [-0.4, -0.2) is 52.7 Å². The minimum atomic E-state index is -0.766. The molecule has 0 saturated carbocycles. The number of fused-ring (bicyclic) bond motifs is 1. The number of hydrogen-bond donors (Lipinski definition) is 2. The van der Waals surface area contributed by atoms with Crippen molar-refractivity contribution in [2.24, 2.45) is 17.8 Å². The highest BCUT2D eigenvalue weighted by Gasteiger charge is 2.43. The van der Waals surface area contributed by atoms with E-state index < -0.39 is 30.4 Å². The van der Waals surface area contributed by atoms with Crippen LogP contribution in [0.4, 0.5) is 0 Å². The molecule has 8 atom stereocenters. The van der Waals surface area contributed by atoms with Crippen LogP contribution in [0.15, 0.2) is 48.1 Å². The van der Waals surface area contributed by atoms with E-state index in [0.717, 1.165) is 17.6 Å². The fourth-order valence-electron chi connectivity index (χ4n) is 6.27. The van der Waals surface area contributed by atoms with Crippen molar-refractivity contribution < 1.29 is 34.0 Å². The van der Waals surface area contributed by atoms with Crippen LogP contribution >= 0.6 is 0 Å². The maximum Gasteiger partial charge on any atom is 0.347 e. The minimum absolute atomic E-state index is 0.0470. The van der Waals surface area contributed by atoms with Gasteiger partial charge in [0, 0.05) is 18.8 Å². The molecule has 1 aromatic carbocycles. The van der Waals surface area contributed by atoms with E-state index >= 15 is 0 Å². The summed E-state index contributed by atoms with van der Waals surface area (Å²) in [5, 5.41) is 20.6. The van der Waals surface area contributed by atoms with Gasteiger partial charge in [0.25, 0.3) is 0 Å². The lowest BCUT2D eigenvalue weighted by Crippen LogP contribution is -2.44. The fraction of sp³-hybridized carbons (Fsp3) is 0.625. The topological polar surface area (TPSA) is 102 Å². The first-order valence-electron chi connectivity index (χ1n) is 14.4. The summed E-state index contributed by atoms with van der Waals surface area (Å²) in [6.07, 6.45) is 5.72. The third-order valence-corrected chi connectivity index (χ3v) is 8.30. The molecule has 4 rings (SSSR count). The van der Waals surface area contributed by atoms with Crippen LogP contribution in [0.25, 0.3) is 0 Å². The molecule has 2 N–H and O–H groups in total. The number of para-hydroxylation sites is 1. The van der Waals surface area contributed by atoms with Gasteiger partial charge in [-0.05, 0) is 53.7 Å². The standard InChI is InChI=1S/C32H44O7/c1-6-26(38-27-10-8-7-9-25(27)32(3,4)5)31(36)39-28-17-21(33)15-20-12-11-19(2)24(30(20)28)14-13-23-16-22(34)18-29(35)37-23/h7-12,15,19,21-24,26,28,30,33-34H,6,13-14,16-18H2,1-5H3/t19?,21?,22-,23-,24?,26+,28?,30?/m1/s1. The molecule has 39 heavy (non-hydrogen) atoms. The minimum Gasteiger partial charge on any atom is -0.478 e. The normalized spacial score (nSPS) is 31.5. The molecule has 0 bridgehead atoms. The maximum absolute atomic E-state index is 13.5. The summed E-state index contributed by atoms with van der Waals surface area (Å²) in [4.78, 5) is 25.3. The lowest BCUT2D eigenvalue weighted by Gasteiger charge is -2.43. The van der Waals surface area contributed by atoms with Crippen molar-refractivity contribution in [2.45, 2.75) is 109 Å². The molecule has 0 radical (unpaired) electrons. The van der Waals surface area contributed by atoms with E-state index in [-0.39, 0.29) is 41.7 Å². The first-order valence-corrected chi connectivity index (χ1v) is 14.4. The molecule has 7 nitrogen and oxygen atoms in total. The molecule has 1 fully saturated rings.